The number of benzene rings is 1. The summed E-state index contributed by atoms with van der Waals surface area (Å²) in [5, 5.41) is 1.61. The first-order chi connectivity index (χ1) is 11.6. The molecule has 2 aliphatic heterocycles. The number of nitrogen functional groups attached to an aromatic ring is 1. The van der Waals surface area contributed by atoms with Crippen LogP contribution < -0.4 is 5.73 Å². The third-order valence-corrected chi connectivity index (χ3v) is 4.97. The van der Waals surface area contributed by atoms with E-state index in [2.05, 4.69) is 21.5 Å². The summed E-state index contributed by atoms with van der Waals surface area (Å²) in [7, 11) is 0. The minimum absolute atomic E-state index is 0.374. The molecule has 3 rings (SSSR count). The number of aromatic nitrogens is 4. The Morgan fingerprint density at radius 1 is 1.25 bits per heavy atom. The summed E-state index contributed by atoms with van der Waals surface area (Å²) in [6.45, 7) is 4.52. The van der Waals surface area contributed by atoms with Crippen LogP contribution in [0, 0.1) is 0 Å². The van der Waals surface area contributed by atoms with Crippen molar-refractivity contribution >= 4 is 40.8 Å². The fraction of sp³-hybridized carbons (Fsp3) is 0.188. The zero-order valence-corrected chi connectivity index (χ0v) is 15.1. The summed E-state index contributed by atoms with van der Waals surface area (Å²) in [6, 6.07) is 5.41. The highest BCUT2D eigenvalue weighted by molar-refractivity contribution is 7.99. The zero-order valence-electron chi connectivity index (χ0n) is 12.7. The second-order valence-electron chi connectivity index (χ2n) is 5.11. The molecule has 8 heteroatoms. The molecule has 1 aromatic rings. The van der Waals surface area contributed by atoms with E-state index in [1.807, 2.05) is 16.7 Å². The first kappa shape index (κ1) is 17.1. The molecule has 0 radical (unpaired) electrons. The number of nitrogens with zero attached hydrogens (tertiary/aromatic N) is 4. The summed E-state index contributed by atoms with van der Waals surface area (Å²) in [6.07, 6.45) is 5.47. The van der Waals surface area contributed by atoms with Crippen LogP contribution in [0.15, 0.2) is 47.2 Å². The molecule has 0 spiro atoms. The molecular weight excluding hydrogens is 365 g/mol. The Balaban J connectivity index is 1.90. The van der Waals surface area contributed by atoms with Crippen LogP contribution in [0.25, 0.3) is 11.5 Å². The standard InChI is InChI=1S/C16H15Cl2N5S/c1-2-3-4-7-23-9-20-14(19)13-15(23)22-16(21-13)24-10-5-6-11(17)12(18)8-10/h2,5-6,8-9H,1,3-4,7,19H2. The number of hydrogen-bond acceptors (Lipinski definition) is 5. The van der Waals surface area contributed by atoms with Gasteiger partial charge in [0.05, 0.1) is 16.4 Å². The third kappa shape index (κ3) is 3.66. The molecule has 0 unspecified atom stereocenters. The first-order valence-electron chi connectivity index (χ1n) is 7.30. The van der Waals surface area contributed by atoms with Gasteiger partial charge in [-0.25, -0.2) is 15.0 Å². The minimum Gasteiger partial charge on any atom is -0.382 e. The summed E-state index contributed by atoms with van der Waals surface area (Å²) >= 11 is 13.4. The van der Waals surface area contributed by atoms with Gasteiger partial charge in [0.1, 0.15) is 0 Å². The maximum absolute atomic E-state index is 6.05. The van der Waals surface area contributed by atoms with Crippen LogP contribution in [-0.4, -0.2) is 19.5 Å². The second-order valence-corrected chi connectivity index (χ2v) is 6.97. The number of imidazole rings is 1. The van der Waals surface area contributed by atoms with E-state index in [1.54, 1.807) is 18.5 Å². The van der Waals surface area contributed by atoms with Gasteiger partial charge in [0.25, 0.3) is 0 Å². The molecular formula is C16H15Cl2N5S. The van der Waals surface area contributed by atoms with E-state index in [0.29, 0.717) is 26.7 Å². The quantitative estimate of drug-likeness (QED) is 0.492. The normalized spacial score (nSPS) is 11.1. The van der Waals surface area contributed by atoms with Crippen molar-refractivity contribution in [3.05, 3.63) is 47.2 Å². The lowest BCUT2D eigenvalue weighted by Crippen LogP contribution is -2.08. The molecule has 1 aromatic carbocycles. The molecule has 0 amide bonds. The Bertz CT molecular complexity index is 849. The van der Waals surface area contributed by atoms with Crippen molar-refractivity contribution in [1.82, 2.24) is 19.5 Å². The molecule has 0 saturated carbocycles. The molecule has 5 nitrogen and oxygen atoms in total. The molecule has 0 bridgehead atoms. The van der Waals surface area contributed by atoms with Gasteiger partial charge in [0, 0.05) is 11.4 Å². The summed E-state index contributed by atoms with van der Waals surface area (Å²) in [5.74, 6) is 1.10. The van der Waals surface area contributed by atoms with Crippen molar-refractivity contribution in [2.45, 2.75) is 29.4 Å². The molecule has 2 aliphatic rings. The smallest absolute Gasteiger partial charge is 0.195 e. The van der Waals surface area contributed by atoms with Gasteiger partial charge in [-0.3, -0.25) is 0 Å². The van der Waals surface area contributed by atoms with E-state index >= 15 is 0 Å². The summed E-state index contributed by atoms with van der Waals surface area (Å²) < 4.78 is 1.96. The van der Waals surface area contributed by atoms with Gasteiger partial charge < -0.3 is 10.3 Å². The first-order valence-corrected chi connectivity index (χ1v) is 8.88. The Morgan fingerprint density at radius 3 is 2.83 bits per heavy atom. The Kier molecular flexibility index (Phi) is 5.28. The molecule has 0 saturated heterocycles. The van der Waals surface area contributed by atoms with Crippen LogP contribution in [0.1, 0.15) is 12.8 Å². The average molecular weight is 380 g/mol. The predicted molar refractivity (Wildman–Crippen MR) is 98.9 cm³/mol. The van der Waals surface area contributed by atoms with Gasteiger partial charge in [-0.05, 0) is 42.8 Å². The van der Waals surface area contributed by atoms with E-state index in [-0.39, 0.29) is 0 Å². The molecule has 0 fully saturated rings. The minimum atomic E-state index is 0.374. The lowest BCUT2D eigenvalue weighted by molar-refractivity contribution is 0.634. The fourth-order valence-corrected chi connectivity index (χ4v) is 3.35. The number of aryl methyl sites for hydroxylation is 1. The van der Waals surface area contributed by atoms with Crippen LogP contribution in [-0.2, 0) is 6.54 Å². The van der Waals surface area contributed by atoms with Crippen LogP contribution in [0.2, 0.25) is 10.0 Å². The lowest BCUT2D eigenvalue weighted by atomic mass is 10.3. The topological polar surface area (TPSA) is 69.6 Å². The van der Waals surface area contributed by atoms with E-state index in [4.69, 9.17) is 28.9 Å². The highest BCUT2D eigenvalue weighted by atomic mass is 35.5. The number of unbranched alkanes of at least 4 members (excludes halogenated alkanes) is 1. The van der Waals surface area contributed by atoms with Gasteiger partial charge >= 0.3 is 0 Å². The summed E-state index contributed by atoms with van der Waals surface area (Å²) in [5.41, 5.74) is 6.55. The highest BCUT2D eigenvalue weighted by Gasteiger charge is 2.19. The van der Waals surface area contributed by atoms with Gasteiger partial charge in [0.2, 0.25) is 0 Å². The van der Waals surface area contributed by atoms with Crippen molar-refractivity contribution in [3.63, 3.8) is 0 Å². The van der Waals surface area contributed by atoms with Gasteiger partial charge in [0.15, 0.2) is 22.5 Å². The van der Waals surface area contributed by atoms with Crippen LogP contribution in [0.5, 0.6) is 0 Å². The number of rotatable bonds is 6. The number of hydrogen-bond donors (Lipinski definition) is 1. The number of allylic oxidation sites excluding steroid dienone is 1. The molecule has 2 N–H and O–H groups in total. The lowest BCUT2D eigenvalue weighted by Gasteiger charge is -2.10. The maximum atomic E-state index is 6.05. The third-order valence-electron chi connectivity index (χ3n) is 3.38. The number of nitrogens with two attached hydrogens (primary N) is 1. The Morgan fingerprint density at radius 2 is 2.08 bits per heavy atom. The van der Waals surface area contributed by atoms with Crippen molar-refractivity contribution < 1.29 is 0 Å². The molecule has 24 heavy (non-hydrogen) atoms. The molecule has 2 heterocycles. The number of halogens is 2. The van der Waals surface area contributed by atoms with E-state index in [9.17, 15) is 0 Å². The van der Waals surface area contributed by atoms with Gasteiger partial charge in [-0.15, -0.1) is 6.58 Å². The number of fused-ring (bicyclic) bond motifs is 1. The molecule has 0 aliphatic carbocycles. The maximum Gasteiger partial charge on any atom is 0.195 e. The fourth-order valence-electron chi connectivity index (χ4n) is 2.19. The van der Waals surface area contributed by atoms with Crippen LogP contribution in [0.3, 0.4) is 0 Å². The van der Waals surface area contributed by atoms with Crippen molar-refractivity contribution in [2.75, 3.05) is 5.73 Å². The molecule has 0 aromatic heterocycles. The van der Waals surface area contributed by atoms with Gasteiger partial charge in [-0.1, -0.05) is 29.3 Å². The Labute approximate surface area is 154 Å². The van der Waals surface area contributed by atoms with Crippen molar-refractivity contribution in [3.8, 4) is 11.5 Å². The second kappa shape index (κ2) is 7.42. The van der Waals surface area contributed by atoms with E-state index < -0.39 is 0 Å². The van der Waals surface area contributed by atoms with Gasteiger partial charge in [-0.2, -0.15) is 0 Å². The zero-order chi connectivity index (χ0) is 17.1. The van der Waals surface area contributed by atoms with Crippen LogP contribution >= 0.6 is 35.0 Å². The average Bonchev–Trinajstić information content (AvgIpc) is 2.98. The van der Waals surface area contributed by atoms with E-state index in [0.717, 1.165) is 30.1 Å². The largest absolute Gasteiger partial charge is 0.382 e. The summed E-state index contributed by atoms with van der Waals surface area (Å²) in [4.78, 5) is 14.2. The Hall–Kier alpha value is -1.76. The number of anilines is 1. The predicted octanol–water partition coefficient (Wildman–Crippen LogP) is 4.78. The SMILES string of the molecule is C=CCCCn1cnc(N)c2nc(Sc3ccc(Cl)c(Cl)c3)nc1-2. The monoisotopic (exact) mass is 379 g/mol. The van der Waals surface area contributed by atoms with Crippen molar-refractivity contribution in [2.24, 2.45) is 0 Å². The van der Waals surface area contributed by atoms with Crippen LogP contribution in [0.4, 0.5) is 5.82 Å². The van der Waals surface area contributed by atoms with Crippen molar-refractivity contribution in [1.29, 1.82) is 0 Å². The van der Waals surface area contributed by atoms with E-state index in [1.165, 1.54) is 11.8 Å². The highest BCUT2D eigenvalue weighted by Crippen LogP contribution is 2.34. The molecule has 0 atom stereocenters. The molecule has 124 valence electrons.